The summed E-state index contributed by atoms with van der Waals surface area (Å²) in [6, 6.07) is 11.1. The zero-order chi connectivity index (χ0) is 29.7. The van der Waals surface area contributed by atoms with Crippen molar-refractivity contribution in [3.63, 3.8) is 0 Å². The fourth-order valence-corrected chi connectivity index (χ4v) is 5.47. The van der Waals surface area contributed by atoms with Crippen molar-refractivity contribution >= 4 is 17.7 Å². The number of methoxy groups -OCH3 is 4. The maximum absolute atomic E-state index is 13.7. The topological polar surface area (TPSA) is 135 Å². The predicted octanol–water partition coefficient (Wildman–Crippen LogP) is 4.60. The summed E-state index contributed by atoms with van der Waals surface area (Å²) in [4.78, 5) is 42.6. The Morgan fingerprint density at radius 3 is 2.37 bits per heavy atom. The van der Waals surface area contributed by atoms with E-state index in [4.69, 9.17) is 18.9 Å². The summed E-state index contributed by atoms with van der Waals surface area (Å²) < 4.78 is 22.4. The van der Waals surface area contributed by atoms with Gasteiger partial charge in [-0.2, -0.15) is 0 Å². The number of ether oxygens (including phenoxy) is 4. The van der Waals surface area contributed by atoms with E-state index in [2.05, 4.69) is 10.2 Å². The van der Waals surface area contributed by atoms with Crippen LogP contribution in [0.3, 0.4) is 0 Å². The van der Waals surface area contributed by atoms with Gasteiger partial charge in [0.05, 0.1) is 44.9 Å². The average Bonchev–Trinajstić information content (AvgIpc) is 3.22. The monoisotopic (exact) mass is 582 g/mol. The van der Waals surface area contributed by atoms with Crippen molar-refractivity contribution in [2.45, 2.75) is 30.4 Å². The van der Waals surface area contributed by atoms with Crippen LogP contribution < -0.4 is 29.7 Å². The lowest BCUT2D eigenvalue weighted by atomic mass is 9.95. The maximum Gasteiger partial charge on any atom is 0.294 e. The molecule has 216 valence electrons. The third-order valence-electron chi connectivity index (χ3n) is 6.87. The highest BCUT2D eigenvalue weighted by Crippen LogP contribution is 2.50. The lowest BCUT2D eigenvalue weighted by Gasteiger charge is -2.20. The molecule has 0 fully saturated rings. The number of nitrogens with zero attached hydrogens (tertiary/aromatic N) is 1. The van der Waals surface area contributed by atoms with E-state index in [-0.39, 0.29) is 23.3 Å². The number of nitrogens with one attached hydrogen (secondary N) is 1. The fourth-order valence-electron chi connectivity index (χ4n) is 5.00. The molecule has 0 saturated carbocycles. The fraction of sp³-hybridized carbons (Fsp3) is 0.310. The second-order valence-electron chi connectivity index (χ2n) is 9.06. The van der Waals surface area contributed by atoms with Crippen LogP contribution in [-0.2, 0) is 17.9 Å². The first kappa shape index (κ1) is 29.5. The van der Waals surface area contributed by atoms with Crippen LogP contribution >= 0.6 is 11.8 Å². The molecule has 0 heterocycles. The number of benzene rings is 2. The standard InChI is InChI=1S/C29H30N2O9S/c1-36-23-10-6-16(15-40-31(34)35)12-20(23)29(33)30-21-9-7-17-13-24(37-2)27(38-3)28(39-4)26(17)18-8-11-25(41-5)22(32)14-19(18)21/h6,8,10-14,21H,7,9,15H2,1-5H3,(H,30,33)/t21-/m0/s1. The highest BCUT2D eigenvalue weighted by molar-refractivity contribution is 7.98. The Kier molecular flexibility index (Phi) is 9.23. The Labute approximate surface area is 240 Å². The minimum Gasteiger partial charge on any atom is -0.496 e. The molecule has 4 rings (SSSR count). The van der Waals surface area contributed by atoms with Crippen molar-refractivity contribution < 1.29 is 33.7 Å². The van der Waals surface area contributed by atoms with E-state index in [0.717, 1.165) is 11.1 Å². The van der Waals surface area contributed by atoms with E-state index in [1.165, 1.54) is 32.0 Å². The van der Waals surface area contributed by atoms with Crippen LogP contribution in [0.2, 0.25) is 0 Å². The first-order valence-corrected chi connectivity index (χ1v) is 13.8. The number of thioether (sulfide) groups is 1. The molecule has 0 aromatic heterocycles. The van der Waals surface area contributed by atoms with E-state index >= 15 is 0 Å². The molecule has 0 radical (unpaired) electrons. The Morgan fingerprint density at radius 2 is 1.73 bits per heavy atom. The van der Waals surface area contributed by atoms with Gasteiger partial charge in [-0.25, -0.2) is 0 Å². The smallest absolute Gasteiger partial charge is 0.294 e. The van der Waals surface area contributed by atoms with Gasteiger partial charge >= 0.3 is 0 Å². The molecule has 1 atom stereocenters. The van der Waals surface area contributed by atoms with Crippen molar-refractivity contribution in [2.75, 3.05) is 34.7 Å². The molecule has 1 aliphatic rings. The minimum absolute atomic E-state index is 0.175. The van der Waals surface area contributed by atoms with Gasteiger partial charge in [0.15, 0.2) is 16.9 Å². The molecule has 0 saturated heterocycles. The van der Waals surface area contributed by atoms with Crippen molar-refractivity contribution in [1.82, 2.24) is 5.32 Å². The summed E-state index contributed by atoms with van der Waals surface area (Å²) in [6.07, 6.45) is 2.80. The highest BCUT2D eigenvalue weighted by Gasteiger charge is 2.30. The lowest BCUT2D eigenvalue weighted by Crippen LogP contribution is -2.29. The first-order chi connectivity index (χ1) is 19.8. The van der Waals surface area contributed by atoms with Crippen molar-refractivity contribution in [3.8, 4) is 34.1 Å². The molecule has 0 aliphatic heterocycles. The van der Waals surface area contributed by atoms with Gasteiger partial charge in [0.1, 0.15) is 12.4 Å². The molecule has 12 heteroatoms. The summed E-state index contributed by atoms with van der Waals surface area (Å²) in [5, 5.41) is 12.8. The number of carbonyl (C=O) groups is 1. The number of aryl methyl sites for hydroxylation is 1. The van der Waals surface area contributed by atoms with Crippen LogP contribution in [0, 0.1) is 10.1 Å². The highest BCUT2D eigenvalue weighted by atomic mass is 32.2. The summed E-state index contributed by atoms with van der Waals surface area (Å²) >= 11 is 1.33. The summed E-state index contributed by atoms with van der Waals surface area (Å²) in [5.41, 5.74) is 3.38. The number of amides is 1. The molecule has 3 aromatic carbocycles. The van der Waals surface area contributed by atoms with Crippen LogP contribution in [-0.4, -0.2) is 45.7 Å². The summed E-state index contributed by atoms with van der Waals surface area (Å²) in [7, 11) is 6.04. The third-order valence-corrected chi connectivity index (χ3v) is 7.65. The Morgan fingerprint density at radius 1 is 1.00 bits per heavy atom. The van der Waals surface area contributed by atoms with Gasteiger partial charge in [-0.05, 0) is 71.7 Å². The van der Waals surface area contributed by atoms with Crippen molar-refractivity contribution in [1.29, 1.82) is 0 Å². The molecule has 0 unspecified atom stereocenters. The molecular formula is C29H30N2O9S. The van der Waals surface area contributed by atoms with Crippen LogP contribution in [0.1, 0.15) is 39.5 Å². The number of rotatable bonds is 10. The molecule has 1 amide bonds. The van der Waals surface area contributed by atoms with E-state index in [1.807, 2.05) is 18.4 Å². The van der Waals surface area contributed by atoms with E-state index in [9.17, 15) is 19.7 Å². The van der Waals surface area contributed by atoms with Crippen molar-refractivity contribution in [3.05, 3.63) is 85.1 Å². The molecule has 3 aromatic rings. The SMILES string of the molecule is COc1ccc(CO[N+](=O)[O-])cc1C(=O)N[C@H]1CCc2cc(OC)c(OC)c(OC)c2-c2ccc(SC)c(=O)cc21. The Hall–Kier alpha value is -4.45. The van der Waals surface area contributed by atoms with Gasteiger partial charge in [0.25, 0.3) is 11.0 Å². The Bertz CT molecular complexity index is 1540. The Balaban J connectivity index is 1.86. The number of hydrogen-bond acceptors (Lipinski definition) is 10. The van der Waals surface area contributed by atoms with Gasteiger partial charge in [0.2, 0.25) is 5.75 Å². The third kappa shape index (κ3) is 6.02. The molecule has 11 nitrogen and oxygen atoms in total. The maximum atomic E-state index is 13.7. The van der Waals surface area contributed by atoms with E-state index in [1.54, 1.807) is 38.5 Å². The van der Waals surface area contributed by atoms with Crippen LogP contribution in [0.15, 0.2) is 52.2 Å². The predicted molar refractivity (Wildman–Crippen MR) is 153 cm³/mol. The van der Waals surface area contributed by atoms with Gasteiger partial charge in [-0.1, -0.05) is 12.1 Å². The molecule has 1 N–H and O–H groups in total. The quantitative estimate of drug-likeness (QED) is 0.205. The summed E-state index contributed by atoms with van der Waals surface area (Å²) in [6.45, 7) is -0.324. The molecule has 0 spiro atoms. The van der Waals surface area contributed by atoms with Gasteiger partial charge in [-0.3, -0.25) is 9.59 Å². The van der Waals surface area contributed by atoms with Gasteiger partial charge < -0.3 is 29.1 Å². The second kappa shape index (κ2) is 12.8. The number of carbonyl (C=O) groups excluding carboxylic acids is 1. The van der Waals surface area contributed by atoms with E-state index < -0.39 is 17.0 Å². The van der Waals surface area contributed by atoms with Gasteiger partial charge in [-0.15, -0.1) is 21.9 Å². The zero-order valence-electron chi connectivity index (χ0n) is 23.3. The first-order valence-electron chi connectivity index (χ1n) is 12.6. The number of fused-ring (bicyclic) bond motifs is 3. The summed E-state index contributed by atoms with van der Waals surface area (Å²) in [5.74, 6) is 1.19. The van der Waals surface area contributed by atoms with Crippen molar-refractivity contribution in [2.24, 2.45) is 0 Å². The van der Waals surface area contributed by atoms with Crippen LogP contribution in [0.5, 0.6) is 23.0 Å². The van der Waals surface area contributed by atoms with E-state index in [0.29, 0.717) is 51.7 Å². The average molecular weight is 583 g/mol. The largest absolute Gasteiger partial charge is 0.496 e. The van der Waals surface area contributed by atoms with Gasteiger partial charge in [0, 0.05) is 5.56 Å². The zero-order valence-corrected chi connectivity index (χ0v) is 24.1. The lowest BCUT2D eigenvalue weighted by molar-refractivity contribution is -0.763. The van der Waals surface area contributed by atoms with Crippen LogP contribution in [0.4, 0.5) is 0 Å². The molecule has 0 bridgehead atoms. The molecule has 1 aliphatic carbocycles. The number of hydrogen-bond donors (Lipinski definition) is 1. The van der Waals surface area contributed by atoms with Crippen LogP contribution in [0.25, 0.3) is 11.1 Å². The molecular weight excluding hydrogens is 552 g/mol. The molecule has 41 heavy (non-hydrogen) atoms. The normalized spacial score (nSPS) is 13.6. The second-order valence-corrected chi connectivity index (χ2v) is 9.90. The minimum atomic E-state index is -0.897.